The van der Waals surface area contributed by atoms with Crippen LogP contribution in [0.2, 0.25) is 0 Å². The molecule has 1 N–H and O–H groups in total. The summed E-state index contributed by atoms with van der Waals surface area (Å²) < 4.78 is 18.6. The third kappa shape index (κ3) is 6.16. The Morgan fingerprint density at radius 2 is 1.82 bits per heavy atom. The van der Waals surface area contributed by atoms with Gasteiger partial charge in [0.05, 0.1) is 17.8 Å². The molecule has 33 heavy (non-hydrogen) atoms. The molecule has 4 rings (SSSR count). The number of benzene rings is 2. The fourth-order valence-electron chi connectivity index (χ4n) is 3.62. The van der Waals surface area contributed by atoms with E-state index in [1.54, 1.807) is 23.3 Å². The third-order valence-corrected chi connectivity index (χ3v) is 5.54. The summed E-state index contributed by atoms with van der Waals surface area (Å²) in [6, 6.07) is 18.0. The molecule has 4 aromatic rings. The zero-order chi connectivity index (χ0) is 23.0. The molecule has 1 amide bonds. The molecule has 0 spiro atoms. The lowest BCUT2D eigenvalue weighted by atomic mass is 10.1. The maximum atomic E-state index is 13.1. The van der Waals surface area contributed by atoms with Gasteiger partial charge in [0, 0.05) is 30.4 Å². The number of carbonyl (C=O) groups excluding carboxylic acids is 1. The fraction of sp³-hybridized carbons (Fsp3) is 0.269. The van der Waals surface area contributed by atoms with E-state index in [0.717, 1.165) is 48.2 Å². The number of H-pyrrole nitrogens is 1. The number of aryl methyl sites for hydroxylation is 1. The highest BCUT2D eigenvalue weighted by Gasteiger charge is 2.14. The molecular weight excluding hydrogens is 419 g/mol. The second kappa shape index (κ2) is 10.7. The number of aromatic amines is 1. The van der Waals surface area contributed by atoms with Crippen molar-refractivity contribution in [2.75, 3.05) is 13.6 Å². The van der Waals surface area contributed by atoms with Gasteiger partial charge < -0.3 is 9.32 Å². The van der Waals surface area contributed by atoms with Crippen molar-refractivity contribution in [3.8, 4) is 22.7 Å². The van der Waals surface area contributed by atoms with Gasteiger partial charge in [-0.1, -0.05) is 24.6 Å². The molecule has 170 valence electrons. The summed E-state index contributed by atoms with van der Waals surface area (Å²) in [5.41, 5.74) is 4.30. The maximum Gasteiger partial charge on any atom is 0.228 e. The fourth-order valence-corrected chi connectivity index (χ4v) is 3.62. The number of nitrogens with zero attached hydrogens (tertiary/aromatic N) is 3. The molecule has 7 heteroatoms. The van der Waals surface area contributed by atoms with Crippen molar-refractivity contribution in [2.45, 2.75) is 32.1 Å². The van der Waals surface area contributed by atoms with Crippen LogP contribution in [0.15, 0.2) is 71.3 Å². The number of rotatable bonds is 10. The van der Waals surface area contributed by atoms with Crippen LogP contribution >= 0.6 is 0 Å². The smallest absolute Gasteiger partial charge is 0.228 e. The predicted octanol–water partition coefficient (Wildman–Crippen LogP) is 5.28. The lowest BCUT2D eigenvalue weighted by Crippen LogP contribution is -2.29. The second-order valence-corrected chi connectivity index (χ2v) is 8.10. The number of aromatic nitrogens is 3. The van der Waals surface area contributed by atoms with Crippen LogP contribution in [0.4, 0.5) is 4.39 Å². The number of nitrogens with one attached hydrogen (secondary N) is 1. The molecule has 0 bridgehead atoms. The summed E-state index contributed by atoms with van der Waals surface area (Å²) in [5, 5.41) is 7.37. The largest absolute Gasteiger partial charge is 0.444 e. The van der Waals surface area contributed by atoms with Gasteiger partial charge in [-0.15, -0.1) is 0 Å². The number of amides is 1. The van der Waals surface area contributed by atoms with Crippen LogP contribution in [0.3, 0.4) is 0 Å². The van der Waals surface area contributed by atoms with Crippen LogP contribution in [0, 0.1) is 5.82 Å². The van der Waals surface area contributed by atoms with Crippen LogP contribution in [0.5, 0.6) is 0 Å². The van der Waals surface area contributed by atoms with Gasteiger partial charge in [-0.2, -0.15) is 5.10 Å². The summed E-state index contributed by atoms with van der Waals surface area (Å²) in [6.45, 7) is 0.700. The minimum absolute atomic E-state index is 0.0282. The number of unbranched alkanes of at least 4 members (excludes halogenated alkanes) is 2. The molecule has 0 unspecified atom stereocenters. The Morgan fingerprint density at radius 3 is 2.61 bits per heavy atom. The van der Waals surface area contributed by atoms with Crippen molar-refractivity contribution in [2.24, 2.45) is 0 Å². The third-order valence-electron chi connectivity index (χ3n) is 5.54. The molecule has 6 nitrogen and oxygen atoms in total. The number of hydrogen-bond donors (Lipinski definition) is 1. The second-order valence-electron chi connectivity index (χ2n) is 8.10. The van der Waals surface area contributed by atoms with Gasteiger partial charge in [-0.3, -0.25) is 9.89 Å². The van der Waals surface area contributed by atoms with Crippen molar-refractivity contribution < 1.29 is 13.6 Å². The molecule has 2 heterocycles. The Morgan fingerprint density at radius 1 is 1.03 bits per heavy atom. The van der Waals surface area contributed by atoms with E-state index < -0.39 is 0 Å². The summed E-state index contributed by atoms with van der Waals surface area (Å²) in [5.74, 6) is 0.304. The monoisotopic (exact) mass is 446 g/mol. The molecule has 0 aliphatic rings. The highest BCUT2D eigenvalue weighted by molar-refractivity contribution is 5.78. The Hall–Kier alpha value is -3.74. The van der Waals surface area contributed by atoms with E-state index in [9.17, 15) is 9.18 Å². The van der Waals surface area contributed by atoms with Crippen molar-refractivity contribution in [3.63, 3.8) is 0 Å². The van der Waals surface area contributed by atoms with Gasteiger partial charge in [-0.05, 0) is 61.7 Å². The van der Waals surface area contributed by atoms with Crippen LogP contribution in [0.25, 0.3) is 22.7 Å². The number of halogens is 1. The van der Waals surface area contributed by atoms with Crippen LogP contribution < -0.4 is 0 Å². The van der Waals surface area contributed by atoms with Gasteiger partial charge in [0.2, 0.25) is 11.8 Å². The van der Waals surface area contributed by atoms with Gasteiger partial charge in [0.25, 0.3) is 0 Å². The molecule has 2 aromatic carbocycles. The quantitative estimate of drug-likeness (QED) is 0.336. The first-order valence-corrected chi connectivity index (χ1v) is 11.1. The highest BCUT2D eigenvalue weighted by Crippen LogP contribution is 2.20. The van der Waals surface area contributed by atoms with E-state index in [4.69, 9.17) is 4.42 Å². The maximum absolute atomic E-state index is 13.1. The van der Waals surface area contributed by atoms with Gasteiger partial charge in [0.1, 0.15) is 12.1 Å². The summed E-state index contributed by atoms with van der Waals surface area (Å²) in [4.78, 5) is 18.7. The van der Waals surface area contributed by atoms with Crippen LogP contribution in [0.1, 0.15) is 30.7 Å². The highest BCUT2D eigenvalue weighted by atomic mass is 19.1. The lowest BCUT2D eigenvalue weighted by Gasteiger charge is -2.16. The molecule has 0 aliphatic heterocycles. The standard InChI is InChI=1S/C26H27FN4O2/c1-31(25(32)17-23-18-33-26(28-23)20-8-4-2-5-9-20)15-7-3-6-10-22-16-24(30-29-22)19-11-13-21(27)14-12-19/h2,4-5,8-9,11-14,16,18H,3,6-7,10,15,17H2,1H3,(H,29,30). The Balaban J connectivity index is 1.16. The molecule has 0 radical (unpaired) electrons. The molecule has 0 fully saturated rings. The zero-order valence-electron chi connectivity index (χ0n) is 18.6. The van der Waals surface area contributed by atoms with Gasteiger partial charge >= 0.3 is 0 Å². The van der Waals surface area contributed by atoms with E-state index >= 15 is 0 Å². The predicted molar refractivity (Wildman–Crippen MR) is 125 cm³/mol. The van der Waals surface area contributed by atoms with Gasteiger partial charge in [0.15, 0.2) is 0 Å². The molecular formula is C26H27FN4O2. The van der Waals surface area contributed by atoms with Crippen molar-refractivity contribution in [3.05, 3.63) is 84.1 Å². The summed E-state index contributed by atoms with van der Waals surface area (Å²) in [7, 11) is 1.82. The topological polar surface area (TPSA) is 75.0 Å². The van der Waals surface area contributed by atoms with E-state index in [-0.39, 0.29) is 18.1 Å². The number of oxazole rings is 1. The SMILES string of the molecule is CN(CCCCCc1cc(-c2ccc(F)cc2)n[nH]1)C(=O)Cc1coc(-c2ccccc2)n1. The molecule has 0 saturated carbocycles. The molecule has 0 atom stereocenters. The molecule has 0 aliphatic carbocycles. The van der Waals surface area contributed by atoms with Gasteiger partial charge in [-0.25, -0.2) is 9.37 Å². The normalized spacial score (nSPS) is 11.0. The van der Waals surface area contributed by atoms with Crippen molar-refractivity contribution in [1.82, 2.24) is 20.1 Å². The summed E-state index contributed by atoms with van der Waals surface area (Å²) >= 11 is 0. The molecule has 2 aromatic heterocycles. The van der Waals surface area contributed by atoms with Crippen LogP contribution in [-0.2, 0) is 17.6 Å². The first-order chi connectivity index (χ1) is 16.1. The van der Waals surface area contributed by atoms with Crippen LogP contribution in [-0.4, -0.2) is 39.6 Å². The number of carbonyl (C=O) groups is 1. The Bertz CT molecular complexity index is 1170. The average molecular weight is 447 g/mol. The van der Waals surface area contributed by atoms with E-state index in [0.29, 0.717) is 18.1 Å². The van der Waals surface area contributed by atoms with Crippen molar-refractivity contribution >= 4 is 5.91 Å². The first-order valence-electron chi connectivity index (χ1n) is 11.1. The lowest BCUT2D eigenvalue weighted by molar-refractivity contribution is -0.129. The minimum Gasteiger partial charge on any atom is -0.444 e. The number of likely N-dealkylation sites (N-methyl/N-ethyl adjacent to an activating group) is 1. The molecule has 0 saturated heterocycles. The summed E-state index contributed by atoms with van der Waals surface area (Å²) in [6.07, 6.45) is 5.59. The zero-order valence-corrected chi connectivity index (χ0v) is 18.6. The Kier molecular flexibility index (Phi) is 7.29. The van der Waals surface area contributed by atoms with Crippen molar-refractivity contribution in [1.29, 1.82) is 0 Å². The van der Waals surface area contributed by atoms with E-state index in [2.05, 4.69) is 15.2 Å². The van der Waals surface area contributed by atoms with E-state index in [1.165, 1.54) is 12.1 Å². The first kappa shape index (κ1) is 22.5. The van der Waals surface area contributed by atoms with E-state index in [1.807, 2.05) is 43.4 Å². The minimum atomic E-state index is -0.254. The average Bonchev–Trinajstić information content (AvgIpc) is 3.50. The number of hydrogen-bond acceptors (Lipinski definition) is 4. The Labute approximate surface area is 192 Å².